The minimum Gasteiger partial charge on any atom is -0.376 e. The highest BCUT2D eigenvalue weighted by Gasteiger charge is 2.23. The van der Waals surface area contributed by atoms with Crippen molar-refractivity contribution in [2.24, 2.45) is 5.73 Å². The third-order valence-electron chi connectivity index (χ3n) is 4.38. The third-order valence-corrected chi connectivity index (χ3v) is 5.42. The molecule has 0 bridgehead atoms. The summed E-state index contributed by atoms with van der Waals surface area (Å²) in [5.74, 6) is 1.61. The van der Waals surface area contributed by atoms with Crippen LogP contribution < -0.4 is 5.73 Å². The van der Waals surface area contributed by atoms with Crippen molar-refractivity contribution in [2.75, 3.05) is 6.61 Å². The number of benzene rings is 1. The van der Waals surface area contributed by atoms with Gasteiger partial charge < -0.3 is 15.0 Å². The first-order valence-corrected chi connectivity index (χ1v) is 9.62. The van der Waals surface area contributed by atoms with E-state index in [-0.39, 0.29) is 12.1 Å². The molecule has 0 radical (unpaired) electrons. The summed E-state index contributed by atoms with van der Waals surface area (Å²) in [6.07, 6.45) is 3.21. The van der Waals surface area contributed by atoms with Crippen LogP contribution in [0.25, 0.3) is 0 Å². The zero-order valence-corrected chi connectivity index (χ0v) is 15.2. The molecule has 1 aromatic carbocycles. The first kappa shape index (κ1) is 17.9. The van der Waals surface area contributed by atoms with Crippen molar-refractivity contribution in [3.63, 3.8) is 0 Å². The molecule has 25 heavy (non-hydrogen) atoms. The molecule has 2 heterocycles. The lowest BCUT2D eigenvalue weighted by atomic mass is 10.2. The molecule has 0 aliphatic carbocycles. The number of hydrogen-bond acceptors (Lipinski definition) is 6. The summed E-state index contributed by atoms with van der Waals surface area (Å²) in [6.45, 7) is 3.64. The lowest BCUT2D eigenvalue weighted by Crippen LogP contribution is -2.22. The second kappa shape index (κ2) is 8.48. The van der Waals surface area contributed by atoms with Crippen molar-refractivity contribution >= 4 is 11.8 Å². The second-order valence-electron chi connectivity index (χ2n) is 6.20. The standard InChI is InChI=1S/C18H23N5OS/c1-2-16(20)17-21-22-18(23(17)11-15-4-3-9-24-15)25-12-14-7-5-13(10-19)6-8-14/h5-8,15-16H,2-4,9,11-12,20H2,1H3. The number of nitrogens with zero attached hydrogens (tertiary/aromatic N) is 4. The Morgan fingerprint density at radius 2 is 2.20 bits per heavy atom. The van der Waals surface area contributed by atoms with E-state index in [1.807, 2.05) is 24.3 Å². The zero-order chi connectivity index (χ0) is 17.6. The first-order valence-electron chi connectivity index (χ1n) is 8.63. The van der Waals surface area contributed by atoms with Gasteiger partial charge in [-0.25, -0.2) is 0 Å². The quantitative estimate of drug-likeness (QED) is 0.766. The Hall–Kier alpha value is -1.88. The summed E-state index contributed by atoms with van der Waals surface area (Å²) in [6, 6.07) is 9.66. The van der Waals surface area contributed by atoms with Crippen molar-refractivity contribution in [1.82, 2.24) is 14.8 Å². The average Bonchev–Trinajstić information content (AvgIpc) is 3.30. The fourth-order valence-corrected chi connectivity index (χ4v) is 3.76. The molecular weight excluding hydrogens is 334 g/mol. The molecule has 1 aliphatic rings. The molecule has 7 heteroatoms. The Labute approximate surface area is 152 Å². The van der Waals surface area contributed by atoms with Crippen LogP contribution >= 0.6 is 11.8 Å². The van der Waals surface area contributed by atoms with E-state index in [2.05, 4.69) is 27.8 Å². The molecule has 132 valence electrons. The number of nitrogens with two attached hydrogens (primary N) is 1. The maximum atomic E-state index is 8.89. The van der Waals surface area contributed by atoms with Crippen LogP contribution in [0.3, 0.4) is 0 Å². The summed E-state index contributed by atoms with van der Waals surface area (Å²) in [4.78, 5) is 0. The van der Waals surface area contributed by atoms with Crippen LogP contribution in [0.5, 0.6) is 0 Å². The first-order chi connectivity index (χ1) is 12.2. The van der Waals surface area contributed by atoms with Gasteiger partial charge in [0.15, 0.2) is 11.0 Å². The van der Waals surface area contributed by atoms with Gasteiger partial charge in [0.2, 0.25) is 0 Å². The molecule has 2 aromatic rings. The molecule has 6 nitrogen and oxygen atoms in total. The largest absolute Gasteiger partial charge is 0.376 e. The Balaban J connectivity index is 1.74. The van der Waals surface area contributed by atoms with E-state index in [1.165, 1.54) is 0 Å². The number of rotatable bonds is 7. The fraction of sp³-hybridized carbons (Fsp3) is 0.500. The Kier molecular flexibility index (Phi) is 6.08. The van der Waals surface area contributed by atoms with Crippen LogP contribution in [-0.4, -0.2) is 27.5 Å². The van der Waals surface area contributed by atoms with E-state index in [4.69, 9.17) is 15.7 Å². The number of hydrogen-bond donors (Lipinski definition) is 1. The normalized spacial score (nSPS) is 18.2. The Morgan fingerprint density at radius 1 is 1.40 bits per heavy atom. The van der Waals surface area contributed by atoms with Gasteiger partial charge in [-0.2, -0.15) is 5.26 Å². The van der Waals surface area contributed by atoms with E-state index in [0.717, 1.165) is 54.7 Å². The van der Waals surface area contributed by atoms with Crippen molar-refractivity contribution < 1.29 is 4.74 Å². The van der Waals surface area contributed by atoms with Gasteiger partial charge in [-0.05, 0) is 37.0 Å². The molecule has 0 spiro atoms. The summed E-state index contributed by atoms with van der Waals surface area (Å²) < 4.78 is 7.90. The lowest BCUT2D eigenvalue weighted by molar-refractivity contribution is 0.0938. The van der Waals surface area contributed by atoms with Gasteiger partial charge in [0.05, 0.1) is 30.3 Å². The van der Waals surface area contributed by atoms with E-state index in [1.54, 1.807) is 11.8 Å². The van der Waals surface area contributed by atoms with Crippen LogP contribution in [0, 0.1) is 11.3 Å². The highest BCUT2D eigenvalue weighted by molar-refractivity contribution is 7.98. The van der Waals surface area contributed by atoms with E-state index < -0.39 is 0 Å². The molecule has 2 N–H and O–H groups in total. The molecule has 0 saturated carbocycles. The summed E-state index contributed by atoms with van der Waals surface area (Å²) >= 11 is 1.64. The van der Waals surface area contributed by atoms with E-state index >= 15 is 0 Å². The molecule has 1 saturated heterocycles. The molecule has 2 atom stereocenters. The predicted molar refractivity (Wildman–Crippen MR) is 96.9 cm³/mol. The van der Waals surface area contributed by atoms with Gasteiger partial charge in [0.1, 0.15) is 0 Å². The number of nitriles is 1. The molecular formula is C18H23N5OS. The molecule has 1 aromatic heterocycles. The molecule has 1 aliphatic heterocycles. The summed E-state index contributed by atoms with van der Waals surface area (Å²) in [5.41, 5.74) is 8.04. The van der Waals surface area contributed by atoms with Gasteiger partial charge >= 0.3 is 0 Å². The Bertz CT molecular complexity index is 731. The van der Waals surface area contributed by atoms with E-state index in [9.17, 15) is 0 Å². The minimum atomic E-state index is -0.113. The zero-order valence-electron chi connectivity index (χ0n) is 14.4. The number of ether oxygens (including phenoxy) is 1. The van der Waals surface area contributed by atoms with Gasteiger partial charge in [-0.3, -0.25) is 0 Å². The minimum absolute atomic E-state index is 0.113. The average molecular weight is 357 g/mol. The topological polar surface area (TPSA) is 89.8 Å². The Morgan fingerprint density at radius 3 is 2.84 bits per heavy atom. The van der Waals surface area contributed by atoms with Crippen LogP contribution in [-0.2, 0) is 17.0 Å². The van der Waals surface area contributed by atoms with Crippen molar-refractivity contribution in [2.45, 2.75) is 55.8 Å². The van der Waals surface area contributed by atoms with Gasteiger partial charge in [0.25, 0.3) is 0 Å². The SMILES string of the molecule is CCC(N)c1nnc(SCc2ccc(C#N)cc2)n1CC1CCCO1. The molecule has 1 fully saturated rings. The fourth-order valence-electron chi connectivity index (χ4n) is 2.85. The van der Waals surface area contributed by atoms with E-state index in [0.29, 0.717) is 5.56 Å². The van der Waals surface area contributed by atoms with Gasteiger partial charge in [-0.15, -0.1) is 10.2 Å². The molecule has 3 rings (SSSR count). The van der Waals surface area contributed by atoms with Crippen LogP contribution in [0.1, 0.15) is 49.2 Å². The molecule has 2 unspecified atom stereocenters. The van der Waals surface area contributed by atoms with Crippen molar-refractivity contribution in [3.05, 3.63) is 41.2 Å². The summed E-state index contributed by atoms with van der Waals surface area (Å²) in [7, 11) is 0. The van der Waals surface area contributed by atoms with Crippen LogP contribution in [0.4, 0.5) is 0 Å². The highest BCUT2D eigenvalue weighted by Crippen LogP contribution is 2.26. The van der Waals surface area contributed by atoms with Crippen molar-refractivity contribution in [3.8, 4) is 6.07 Å². The lowest BCUT2D eigenvalue weighted by Gasteiger charge is -2.17. The van der Waals surface area contributed by atoms with Crippen LogP contribution in [0.15, 0.2) is 29.4 Å². The monoisotopic (exact) mass is 357 g/mol. The number of thioether (sulfide) groups is 1. The third kappa shape index (κ3) is 4.40. The van der Waals surface area contributed by atoms with Gasteiger partial charge in [0, 0.05) is 12.4 Å². The summed E-state index contributed by atoms with van der Waals surface area (Å²) in [5, 5.41) is 18.5. The van der Waals surface area contributed by atoms with Crippen LogP contribution in [0.2, 0.25) is 0 Å². The van der Waals surface area contributed by atoms with Gasteiger partial charge in [-0.1, -0.05) is 30.8 Å². The number of aromatic nitrogens is 3. The maximum Gasteiger partial charge on any atom is 0.191 e. The molecule has 0 amide bonds. The predicted octanol–water partition coefficient (Wildman–Crippen LogP) is 3.03. The maximum absolute atomic E-state index is 8.89. The van der Waals surface area contributed by atoms with Crippen molar-refractivity contribution in [1.29, 1.82) is 5.26 Å². The highest BCUT2D eigenvalue weighted by atomic mass is 32.2. The smallest absolute Gasteiger partial charge is 0.191 e. The second-order valence-corrected chi connectivity index (χ2v) is 7.14.